The second-order valence-corrected chi connectivity index (χ2v) is 11.0. The normalized spacial score (nSPS) is 15.5. The van der Waals surface area contributed by atoms with Crippen molar-refractivity contribution < 1.29 is 15.0 Å². The summed E-state index contributed by atoms with van der Waals surface area (Å²) in [6, 6.07) is 13.5. The number of hydrogen-bond acceptors (Lipinski definition) is 5. The summed E-state index contributed by atoms with van der Waals surface area (Å²) < 4.78 is 0. The lowest BCUT2D eigenvalue weighted by Gasteiger charge is -2.42. The van der Waals surface area contributed by atoms with Crippen molar-refractivity contribution in [2.75, 3.05) is 19.7 Å². The van der Waals surface area contributed by atoms with Gasteiger partial charge in [0.25, 0.3) is 0 Å². The van der Waals surface area contributed by atoms with Crippen LogP contribution in [0.1, 0.15) is 63.7 Å². The lowest BCUT2D eigenvalue weighted by molar-refractivity contribution is -0.128. The summed E-state index contributed by atoms with van der Waals surface area (Å²) in [5.41, 5.74) is 8.57. The third-order valence-corrected chi connectivity index (χ3v) is 6.50. The van der Waals surface area contributed by atoms with Gasteiger partial charge in [-0.1, -0.05) is 75.2 Å². The van der Waals surface area contributed by atoms with Gasteiger partial charge in [-0.3, -0.25) is 9.69 Å². The molecule has 0 aliphatic rings. The van der Waals surface area contributed by atoms with Crippen LogP contribution in [0.5, 0.6) is 0 Å². The molecule has 5 N–H and O–H groups in total. The van der Waals surface area contributed by atoms with Crippen molar-refractivity contribution in [3.8, 4) is 0 Å². The molecule has 2 aromatic rings. The van der Waals surface area contributed by atoms with E-state index in [4.69, 9.17) is 34.0 Å². The maximum absolute atomic E-state index is 13.6. The monoisotopic (exact) mass is 523 g/mol. The Morgan fingerprint density at radius 1 is 1.09 bits per heavy atom. The van der Waals surface area contributed by atoms with Gasteiger partial charge in [0, 0.05) is 22.6 Å². The molecule has 0 spiro atoms. The van der Waals surface area contributed by atoms with Crippen LogP contribution in [-0.4, -0.2) is 52.9 Å². The molecule has 0 radical (unpaired) electrons. The third-order valence-electron chi connectivity index (χ3n) is 6.01. The third kappa shape index (κ3) is 9.05. The van der Waals surface area contributed by atoms with E-state index >= 15 is 0 Å². The molecule has 0 aliphatic heterocycles. The predicted octanol–water partition coefficient (Wildman–Crippen LogP) is 4.72. The van der Waals surface area contributed by atoms with E-state index in [1.54, 1.807) is 12.1 Å². The second-order valence-electron chi connectivity index (χ2n) is 10.1. The number of amides is 1. The highest BCUT2D eigenvalue weighted by atomic mass is 35.5. The minimum atomic E-state index is -0.889. The van der Waals surface area contributed by atoms with E-state index < -0.39 is 18.2 Å². The van der Waals surface area contributed by atoms with E-state index in [-0.39, 0.29) is 36.9 Å². The Balaban J connectivity index is 2.50. The fourth-order valence-electron chi connectivity index (χ4n) is 4.28. The summed E-state index contributed by atoms with van der Waals surface area (Å²) in [5.74, 6) is -0.239. The van der Waals surface area contributed by atoms with Crippen LogP contribution in [0.15, 0.2) is 48.5 Å². The Kier molecular flexibility index (Phi) is 11.5. The molecular formula is C27H39Cl2N3O3. The van der Waals surface area contributed by atoms with Crippen LogP contribution in [0.4, 0.5) is 0 Å². The fourth-order valence-corrected chi connectivity index (χ4v) is 4.60. The summed E-state index contributed by atoms with van der Waals surface area (Å²) in [5, 5.41) is 22.9. The first-order chi connectivity index (χ1) is 16.5. The molecule has 2 aromatic carbocycles. The Bertz CT molecular complexity index is 934. The number of rotatable bonds is 12. The topological polar surface area (TPSA) is 98.8 Å². The van der Waals surface area contributed by atoms with Crippen LogP contribution in [0, 0.1) is 5.41 Å². The minimum absolute atomic E-state index is 0.0237. The molecule has 4 atom stereocenters. The van der Waals surface area contributed by atoms with Gasteiger partial charge < -0.3 is 21.3 Å². The van der Waals surface area contributed by atoms with E-state index in [2.05, 4.69) is 31.0 Å². The van der Waals surface area contributed by atoms with Crippen LogP contribution < -0.4 is 11.1 Å². The Labute approximate surface area is 219 Å². The molecule has 2 rings (SSSR count). The standard InChI is InChI=1S/C27H39Cl2N3O3/c1-5-32(23(16-27(2,3)4)18-9-11-20(28)12-10-18)25(26(35)31-14-13-22(34)17-33)24(30)19-7-6-8-21(29)15-19/h6-12,15,22-25,33-34H,5,13-14,16-17,30H2,1-4H3,(H,31,35). The molecule has 6 nitrogen and oxygen atoms in total. The highest BCUT2D eigenvalue weighted by Crippen LogP contribution is 2.37. The zero-order chi connectivity index (χ0) is 26.2. The first-order valence-corrected chi connectivity index (χ1v) is 12.8. The molecule has 194 valence electrons. The lowest BCUT2D eigenvalue weighted by atomic mass is 9.83. The molecule has 8 heteroatoms. The zero-order valence-corrected chi connectivity index (χ0v) is 22.6. The maximum atomic E-state index is 13.6. The van der Waals surface area contributed by atoms with Crippen molar-refractivity contribution in [3.63, 3.8) is 0 Å². The van der Waals surface area contributed by atoms with Crippen molar-refractivity contribution in [1.82, 2.24) is 10.2 Å². The Morgan fingerprint density at radius 2 is 1.74 bits per heavy atom. The number of nitrogens with two attached hydrogens (primary N) is 1. The number of nitrogens with zero attached hydrogens (tertiary/aromatic N) is 1. The Hall–Kier alpha value is -1.67. The van der Waals surface area contributed by atoms with Crippen LogP contribution in [0.25, 0.3) is 0 Å². The van der Waals surface area contributed by atoms with Gasteiger partial charge in [0.15, 0.2) is 0 Å². The molecule has 0 bridgehead atoms. The van der Waals surface area contributed by atoms with Gasteiger partial charge in [0.1, 0.15) is 6.04 Å². The van der Waals surface area contributed by atoms with E-state index in [1.807, 2.05) is 43.3 Å². The fraction of sp³-hybridized carbons (Fsp3) is 0.519. The number of hydrogen-bond donors (Lipinski definition) is 4. The number of benzene rings is 2. The SMILES string of the molecule is CCN(C(CC(C)(C)C)c1ccc(Cl)cc1)C(C(=O)NCCC(O)CO)C(N)c1cccc(Cl)c1. The molecular weight excluding hydrogens is 485 g/mol. The van der Waals surface area contributed by atoms with Gasteiger partial charge in [-0.05, 0) is 60.2 Å². The van der Waals surface area contributed by atoms with Crippen molar-refractivity contribution in [2.24, 2.45) is 11.1 Å². The van der Waals surface area contributed by atoms with Gasteiger partial charge in [-0.25, -0.2) is 0 Å². The first kappa shape index (κ1) is 29.6. The number of carbonyl (C=O) groups is 1. The van der Waals surface area contributed by atoms with Gasteiger partial charge in [-0.15, -0.1) is 0 Å². The highest BCUT2D eigenvalue weighted by molar-refractivity contribution is 6.30. The number of nitrogens with one attached hydrogen (secondary N) is 1. The molecule has 35 heavy (non-hydrogen) atoms. The van der Waals surface area contributed by atoms with Crippen LogP contribution in [0.2, 0.25) is 10.0 Å². The lowest BCUT2D eigenvalue weighted by Crippen LogP contribution is -2.54. The van der Waals surface area contributed by atoms with E-state index in [0.29, 0.717) is 16.6 Å². The summed E-state index contributed by atoms with van der Waals surface area (Å²) in [7, 11) is 0. The molecule has 0 aliphatic carbocycles. The van der Waals surface area contributed by atoms with E-state index in [9.17, 15) is 9.90 Å². The number of halogens is 2. The molecule has 0 aromatic heterocycles. The average molecular weight is 525 g/mol. The summed E-state index contributed by atoms with van der Waals surface area (Å²) >= 11 is 12.4. The molecule has 1 amide bonds. The van der Waals surface area contributed by atoms with Crippen LogP contribution in [-0.2, 0) is 4.79 Å². The minimum Gasteiger partial charge on any atom is -0.394 e. The van der Waals surface area contributed by atoms with Crippen molar-refractivity contribution in [1.29, 1.82) is 0 Å². The maximum Gasteiger partial charge on any atom is 0.239 e. The summed E-state index contributed by atoms with van der Waals surface area (Å²) in [6.45, 7) is 8.99. The molecule has 0 fully saturated rings. The predicted molar refractivity (Wildman–Crippen MR) is 144 cm³/mol. The highest BCUT2D eigenvalue weighted by Gasteiger charge is 2.37. The average Bonchev–Trinajstić information content (AvgIpc) is 2.80. The molecule has 0 saturated carbocycles. The number of aliphatic hydroxyl groups is 2. The van der Waals surface area contributed by atoms with Gasteiger partial charge in [0.05, 0.1) is 18.8 Å². The van der Waals surface area contributed by atoms with Gasteiger partial charge in [-0.2, -0.15) is 0 Å². The van der Waals surface area contributed by atoms with E-state index in [0.717, 1.165) is 17.5 Å². The Morgan fingerprint density at radius 3 is 2.29 bits per heavy atom. The van der Waals surface area contributed by atoms with Gasteiger partial charge >= 0.3 is 0 Å². The number of likely N-dealkylation sites (N-methyl/N-ethyl adjacent to an activating group) is 1. The van der Waals surface area contributed by atoms with Crippen molar-refractivity contribution >= 4 is 29.1 Å². The summed E-state index contributed by atoms with van der Waals surface area (Å²) in [6.07, 6.45) is 0.147. The van der Waals surface area contributed by atoms with Crippen LogP contribution >= 0.6 is 23.2 Å². The van der Waals surface area contributed by atoms with Crippen molar-refractivity contribution in [2.45, 2.75) is 64.8 Å². The number of carbonyl (C=O) groups excluding carboxylic acids is 1. The van der Waals surface area contributed by atoms with Gasteiger partial charge in [0.2, 0.25) is 5.91 Å². The van der Waals surface area contributed by atoms with Crippen molar-refractivity contribution in [3.05, 3.63) is 69.7 Å². The summed E-state index contributed by atoms with van der Waals surface area (Å²) in [4.78, 5) is 15.8. The number of aliphatic hydroxyl groups excluding tert-OH is 2. The quantitative estimate of drug-likeness (QED) is 0.322. The largest absolute Gasteiger partial charge is 0.394 e. The molecule has 0 saturated heterocycles. The first-order valence-electron chi connectivity index (χ1n) is 12.1. The van der Waals surface area contributed by atoms with E-state index in [1.165, 1.54) is 0 Å². The zero-order valence-electron chi connectivity index (χ0n) is 21.0. The second kappa shape index (κ2) is 13.6. The molecule has 0 heterocycles. The smallest absolute Gasteiger partial charge is 0.239 e. The molecule has 4 unspecified atom stereocenters. The van der Waals surface area contributed by atoms with Crippen LogP contribution in [0.3, 0.4) is 0 Å².